The van der Waals surface area contributed by atoms with Gasteiger partial charge in [0.15, 0.2) is 11.5 Å². The first-order chi connectivity index (χ1) is 8.63. The fraction of sp³-hybridized carbons (Fsp3) is 0.429. The lowest BCUT2D eigenvalue weighted by atomic mass is 10.0. The van der Waals surface area contributed by atoms with Gasteiger partial charge < -0.3 is 15.2 Å². The monoisotopic (exact) mass is 267 g/mol. The maximum Gasteiger partial charge on any atom is 0.179 e. The first-order valence-corrected chi connectivity index (χ1v) is 6.08. The molecular weight excluding hydrogens is 250 g/mol. The Morgan fingerprint density at radius 3 is 2.61 bits per heavy atom. The molecule has 0 heterocycles. The van der Waals surface area contributed by atoms with E-state index in [2.05, 4.69) is 11.8 Å². The zero-order chi connectivity index (χ0) is 13.5. The molecule has 2 N–H and O–H groups in total. The molecule has 1 unspecified atom stereocenters. The second kappa shape index (κ2) is 7.15. The maximum atomic E-state index is 6.13. The summed E-state index contributed by atoms with van der Waals surface area (Å²) < 4.78 is 10.4. The number of methoxy groups -OCH3 is 2. The quantitative estimate of drug-likeness (QED) is 0.834. The predicted molar refractivity (Wildman–Crippen MR) is 74.2 cm³/mol. The molecule has 1 aromatic carbocycles. The Morgan fingerprint density at radius 1 is 1.33 bits per heavy atom. The van der Waals surface area contributed by atoms with Crippen LogP contribution in [0.1, 0.15) is 31.4 Å². The van der Waals surface area contributed by atoms with Crippen LogP contribution in [-0.2, 0) is 0 Å². The molecule has 1 rings (SSSR count). The van der Waals surface area contributed by atoms with E-state index in [0.29, 0.717) is 16.5 Å². The Balaban J connectivity index is 2.95. The van der Waals surface area contributed by atoms with Crippen LogP contribution in [0, 0.1) is 11.8 Å². The van der Waals surface area contributed by atoms with Crippen molar-refractivity contribution in [3.05, 3.63) is 22.7 Å². The summed E-state index contributed by atoms with van der Waals surface area (Å²) in [5.74, 6) is 6.97. The second-order valence-corrected chi connectivity index (χ2v) is 4.22. The fourth-order valence-corrected chi connectivity index (χ4v) is 1.97. The van der Waals surface area contributed by atoms with E-state index in [1.54, 1.807) is 14.2 Å². The predicted octanol–water partition coefficient (Wildman–Crippen LogP) is 3.16. The van der Waals surface area contributed by atoms with E-state index >= 15 is 0 Å². The Labute approximate surface area is 113 Å². The van der Waals surface area contributed by atoms with Crippen molar-refractivity contribution < 1.29 is 9.47 Å². The lowest BCUT2D eigenvalue weighted by molar-refractivity contribution is 0.354. The second-order valence-electron chi connectivity index (χ2n) is 3.81. The third-order valence-electron chi connectivity index (χ3n) is 2.64. The van der Waals surface area contributed by atoms with Crippen LogP contribution in [0.15, 0.2) is 12.1 Å². The summed E-state index contributed by atoms with van der Waals surface area (Å²) in [5, 5.41) is 0.504. The summed E-state index contributed by atoms with van der Waals surface area (Å²) in [5.41, 5.74) is 7.02. The number of hydrogen-bond donors (Lipinski definition) is 1. The minimum Gasteiger partial charge on any atom is -0.493 e. The molecule has 18 heavy (non-hydrogen) atoms. The highest BCUT2D eigenvalue weighted by molar-refractivity contribution is 6.32. The summed E-state index contributed by atoms with van der Waals surface area (Å²) in [4.78, 5) is 0. The van der Waals surface area contributed by atoms with Crippen molar-refractivity contribution in [3.63, 3.8) is 0 Å². The van der Waals surface area contributed by atoms with Gasteiger partial charge in [0, 0.05) is 12.5 Å². The molecule has 0 aliphatic heterocycles. The van der Waals surface area contributed by atoms with E-state index in [1.807, 2.05) is 19.1 Å². The van der Waals surface area contributed by atoms with E-state index < -0.39 is 0 Å². The molecule has 3 nitrogen and oxygen atoms in total. The Hall–Kier alpha value is -1.37. The summed E-state index contributed by atoms with van der Waals surface area (Å²) >= 11 is 6.13. The minimum absolute atomic E-state index is 0.108. The van der Waals surface area contributed by atoms with Gasteiger partial charge in [-0.25, -0.2) is 0 Å². The Morgan fingerprint density at radius 2 is 2.06 bits per heavy atom. The third kappa shape index (κ3) is 3.56. The van der Waals surface area contributed by atoms with Crippen LogP contribution in [0.4, 0.5) is 0 Å². The van der Waals surface area contributed by atoms with E-state index in [4.69, 9.17) is 26.8 Å². The molecule has 98 valence electrons. The zero-order valence-corrected chi connectivity index (χ0v) is 11.7. The molecule has 0 radical (unpaired) electrons. The number of ether oxygens (including phenoxy) is 2. The Kier molecular flexibility index (Phi) is 5.84. The number of halogens is 1. The van der Waals surface area contributed by atoms with E-state index in [0.717, 1.165) is 18.4 Å². The molecule has 1 atom stereocenters. The fourth-order valence-electron chi connectivity index (χ4n) is 1.67. The van der Waals surface area contributed by atoms with Crippen LogP contribution in [0.2, 0.25) is 5.02 Å². The topological polar surface area (TPSA) is 44.5 Å². The van der Waals surface area contributed by atoms with Crippen LogP contribution in [0.3, 0.4) is 0 Å². The highest BCUT2D eigenvalue weighted by atomic mass is 35.5. The van der Waals surface area contributed by atoms with Gasteiger partial charge in [0.2, 0.25) is 0 Å². The van der Waals surface area contributed by atoms with Crippen LogP contribution < -0.4 is 15.2 Å². The molecule has 1 aromatic rings. The average Bonchev–Trinajstić information content (AvgIpc) is 2.37. The zero-order valence-electron chi connectivity index (χ0n) is 10.9. The van der Waals surface area contributed by atoms with Gasteiger partial charge in [-0.05, 0) is 31.0 Å². The van der Waals surface area contributed by atoms with Gasteiger partial charge in [0.25, 0.3) is 0 Å². The molecule has 0 aromatic heterocycles. The molecule has 0 amide bonds. The van der Waals surface area contributed by atoms with Crippen molar-refractivity contribution in [1.82, 2.24) is 0 Å². The molecule has 4 heteroatoms. The summed E-state index contributed by atoms with van der Waals surface area (Å²) in [6.45, 7) is 1.82. The van der Waals surface area contributed by atoms with Gasteiger partial charge >= 0.3 is 0 Å². The van der Waals surface area contributed by atoms with Gasteiger partial charge in [0.05, 0.1) is 19.2 Å². The first kappa shape index (κ1) is 14.7. The highest BCUT2D eigenvalue weighted by Crippen LogP contribution is 2.37. The number of nitrogens with two attached hydrogens (primary N) is 1. The molecule has 0 fully saturated rings. The van der Waals surface area contributed by atoms with Gasteiger partial charge in [-0.3, -0.25) is 0 Å². The SMILES string of the molecule is CC#CCCC(N)c1cc(Cl)c(OC)c(OC)c1. The van der Waals surface area contributed by atoms with Gasteiger partial charge in [-0.1, -0.05) is 11.6 Å². The smallest absolute Gasteiger partial charge is 0.179 e. The lowest BCUT2D eigenvalue weighted by Crippen LogP contribution is -2.10. The first-order valence-electron chi connectivity index (χ1n) is 5.70. The van der Waals surface area contributed by atoms with Gasteiger partial charge in [-0.2, -0.15) is 0 Å². The molecule has 0 saturated heterocycles. The summed E-state index contributed by atoms with van der Waals surface area (Å²) in [6.07, 6.45) is 1.55. The molecule has 0 bridgehead atoms. The molecular formula is C14H18ClNO2. The number of benzene rings is 1. The van der Waals surface area contributed by atoms with Crippen molar-refractivity contribution in [2.45, 2.75) is 25.8 Å². The van der Waals surface area contributed by atoms with Crippen LogP contribution in [0.25, 0.3) is 0 Å². The normalized spacial score (nSPS) is 11.4. The molecule has 0 aliphatic carbocycles. The third-order valence-corrected chi connectivity index (χ3v) is 2.92. The van der Waals surface area contributed by atoms with Crippen molar-refractivity contribution in [2.75, 3.05) is 14.2 Å². The molecule has 0 aliphatic rings. The minimum atomic E-state index is -0.108. The van der Waals surface area contributed by atoms with Gasteiger partial charge in [0.1, 0.15) is 0 Å². The Bertz CT molecular complexity index is 463. The van der Waals surface area contributed by atoms with Crippen LogP contribution in [-0.4, -0.2) is 14.2 Å². The lowest BCUT2D eigenvalue weighted by Gasteiger charge is -2.15. The van der Waals surface area contributed by atoms with E-state index in [-0.39, 0.29) is 6.04 Å². The summed E-state index contributed by atoms with van der Waals surface area (Å²) in [7, 11) is 3.13. The van der Waals surface area contributed by atoms with E-state index in [9.17, 15) is 0 Å². The maximum absolute atomic E-state index is 6.13. The van der Waals surface area contributed by atoms with Gasteiger partial charge in [-0.15, -0.1) is 11.8 Å². The summed E-state index contributed by atoms with van der Waals surface area (Å²) in [6, 6.07) is 3.56. The van der Waals surface area contributed by atoms with Crippen LogP contribution in [0.5, 0.6) is 11.5 Å². The number of rotatable bonds is 5. The highest BCUT2D eigenvalue weighted by Gasteiger charge is 2.14. The molecule has 0 saturated carbocycles. The van der Waals surface area contributed by atoms with Crippen molar-refractivity contribution in [1.29, 1.82) is 0 Å². The van der Waals surface area contributed by atoms with Crippen molar-refractivity contribution >= 4 is 11.6 Å². The largest absolute Gasteiger partial charge is 0.493 e. The molecule has 0 spiro atoms. The van der Waals surface area contributed by atoms with Crippen molar-refractivity contribution in [2.24, 2.45) is 5.73 Å². The standard InChI is InChI=1S/C14H18ClNO2/c1-4-5-6-7-12(16)10-8-11(15)14(18-3)13(9-10)17-2/h8-9,12H,6-7,16H2,1-3H3. The average molecular weight is 268 g/mol. The van der Waals surface area contributed by atoms with Crippen molar-refractivity contribution in [3.8, 4) is 23.3 Å². The van der Waals surface area contributed by atoms with Crippen LogP contribution >= 0.6 is 11.6 Å². The van der Waals surface area contributed by atoms with E-state index in [1.165, 1.54) is 0 Å². The number of hydrogen-bond acceptors (Lipinski definition) is 3.